The van der Waals surface area contributed by atoms with E-state index in [-0.39, 0.29) is 12.4 Å². The molecule has 1 heterocycles. The molecule has 1 saturated heterocycles. The normalized spacial score (nSPS) is 16.4. The van der Waals surface area contributed by atoms with Gasteiger partial charge in [-0.05, 0) is 30.5 Å². The third kappa shape index (κ3) is 4.09. The van der Waals surface area contributed by atoms with Gasteiger partial charge in [0.1, 0.15) is 5.82 Å². The number of hydrogen-bond donors (Lipinski definition) is 2. The molecule has 0 amide bonds. The Morgan fingerprint density at radius 1 is 1.04 bits per heavy atom. The number of aliphatic hydroxyl groups is 1. The van der Waals surface area contributed by atoms with Gasteiger partial charge in [-0.15, -0.1) is 0 Å². The zero-order valence-corrected chi connectivity index (χ0v) is 13.2. The number of piperidine rings is 1. The fraction of sp³-hybridized carbons (Fsp3) is 0.368. The highest BCUT2D eigenvalue weighted by molar-refractivity contribution is 5.52. The van der Waals surface area contributed by atoms with E-state index in [1.165, 1.54) is 11.6 Å². The summed E-state index contributed by atoms with van der Waals surface area (Å²) >= 11 is 0. The van der Waals surface area contributed by atoms with Crippen LogP contribution in [0, 0.1) is 5.82 Å². The topological polar surface area (TPSA) is 35.5 Å². The minimum atomic E-state index is -0.348. The molecule has 2 aromatic rings. The van der Waals surface area contributed by atoms with Gasteiger partial charge in [0.15, 0.2) is 0 Å². The molecule has 122 valence electrons. The highest BCUT2D eigenvalue weighted by Gasteiger charge is 2.20. The van der Waals surface area contributed by atoms with Crippen LogP contribution in [0.25, 0.3) is 0 Å². The molecule has 0 radical (unpaired) electrons. The Morgan fingerprint density at radius 2 is 1.78 bits per heavy atom. The average Bonchev–Trinajstić information content (AvgIpc) is 2.58. The van der Waals surface area contributed by atoms with Crippen molar-refractivity contribution in [3.63, 3.8) is 0 Å². The van der Waals surface area contributed by atoms with Gasteiger partial charge in [-0.3, -0.25) is 4.90 Å². The molecule has 1 fully saturated rings. The standard InChI is InChI=1S/C19H23FN2O/c20-18-7-4-8-19(17(18)14-23)21-16-9-11-22(12-10-16)13-15-5-2-1-3-6-15/h1-8,16,21,23H,9-14H2. The molecule has 0 spiro atoms. The van der Waals surface area contributed by atoms with E-state index in [2.05, 4.69) is 34.5 Å². The molecule has 0 aliphatic carbocycles. The summed E-state index contributed by atoms with van der Waals surface area (Å²) in [6.45, 7) is 2.75. The second-order valence-electron chi connectivity index (χ2n) is 6.10. The van der Waals surface area contributed by atoms with Crippen molar-refractivity contribution in [2.45, 2.75) is 32.0 Å². The van der Waals surface area contributed by atoms with Crippen LogP contribution in [0.3, 0.4) is 0 Å². The number of anilines is 1. The first-order chi connectivity index (χ1) is 11.3. The Hall–Kier alpha value is -1.91. The van der Waals surface area contributed by atoms with Gasteiger partial charge in [-0.1, -0.05) is 36.4 Å². The van der Waals surface area contributed by atoms with Crippen LogP contribution in [0.15, 0.2) is 48.5 Å². The van der Waals surface area contributed by atoms with Crippen LogP contribution in [-0.4, -0.2) is 29.1 Å². The molecular formula is C19H23FN2O. The number of likely N-dealkylation sites (tertiary alicyclic amines) is 1. The Bertz CT molecular complexity index is 625. The summed E-state index contributed by atoms with van der Waals surface area (Å²) in [4.78, 5) is 2.45. The lowest BCUT2D eigenvalue weighted by Gasteiger charge is -2.33. The van der Waals surface area contributed by atoms with E-state index in [9.17, 15) is 9.50 Å². The lowest BCUT2D eigenvalue weighted by atomic mass is 10.0. The van der Waals surface area contributed by atoms with Gasteiger partial charge in [-0.2, -0.15) is 0 Å². The SMILES string of the molecule is OCc1c(F)cccc1NC1CCN(Cc2ccccc2)CC1. The predicted molar refractivity (Wildman–Crippen MR) is 90.7 cm³/mol. The molecule has 23 heavy (non-hydrogen) atoms. The van der Waals surface area contributed by atoms with Gasteiger partial charge < -0.3 is 10.4 Å². The third-order valence-corrected chi connectivity index (χ3v) is 4.47. The molecule has 2 N–H and O–H groups in total. The molecule has 3 rings (SSSR count). The number of hydrogen-bond acceptors (Lipinski definition) is 3. The van der Waals surface area contributed by atoms with Crippen LogP contribution in [-0.2, 0) is 13.2 Å². The largest absolute Gasteiger partial charge is 0.391 e. The maximum absolute atomic E-state index is 13.7. The minimum absolute atomic E-state index is 0.276. The Labute approximate surface area is 136 Å². The number of nitrogens with zero attached hydrogens (tertiary/aromatic N) is 1. The van der Waals surface area contributed by atoms with Crippen molar-refractivity contribution in [1.29, 1.82) is 0 Å². The number of aliphatic hydroxyl groups excluding tert-OH is 1. The molecule has 0 aromatic heterocycles. The van der Waals surface area contributed by atoms with Crippen molar-refractivity contribution in [2.75, 3.05) is 18.4 Å². The molecule has 4 heteroatoms. The quantitative estimate of drug-likeness (QED) is 0.888. The van der Waals surface area contributed by atoms with E-state index in [1.54, 1.807) is 6.07 Å². The average molecular weight is 314 g/mol. The Morgan fingerprint density at radius 3 is 2.48 bits per heavy atom. The summed E-state index contributed by atoms with van der Waals surface area (Å²) < 4.78 is 13.7. The van der Waals surface area contributed by atoms with E-state index in [4.69, 9.17) is 0 Å². The van der Waals surface area contributed by atoms with E-state index < -0.39 is 0 Å². The van der Waals surface area contributed by atoms with E-state index in [0.29, 0.717) is 17.3 Å². The van der Waals surface area contributed by atoms with Gasteiger partial charge in [-0.25, -0.2) is 4.39 Å². The van der Waals surface area contributed by atoms with Gasteiger partial charge in [0.25, 0.3) is 0 Å². The summed E-state index contributed by atoms with van der Waals surface area (Å²) in [6, 6.07) is 15.7. The summed E-state index contributed by atoms with van der Waals surface area (Å²) in [5, 5.41) is 12.7. The maximum atomic E-state index is 13.7. The van der Waals surface area contributed by atoms with Crippen molar-refractivity contribution >= 4 is 5.69 Å². The number of halogens is 1. The number of rotatable bonds is 5. The summed E-state index contributed by atoms with van der Waals surface area (Å²) in [5.74, 6) is -0.348. The van der Waals surface area contributed by atoms with Crippen LogP contribution in [0.4, 0.5) is 10.1 Å². The fourth-order valence-corrected chi connectivity index (χ4v) is 3.15. The van der Waals surface area contributed by atoms with Crippen LogP contribution in [0.2, 0.25) is 0 Å². The van der Waals surface area contributed by atoms with Crippen molar-refractivity contribution in [1.82, 2.24) is 4.90 Å². The Kier molecular flexibility index (Phi) is 5.26. The first-order valence-corrected chi connectivity index (χ1v) is 8.17. The van der Waals surface area contributed by atoms with Gasteiger partial charge in [0.2, 0.25) is 0 Å². The van der Waals surface area contributed by atoms with Crippen LogP contribution in [0.1, 0.15) is 24.0 Å². The molecule has 0 saturated carbocycles. The van der Waals surface area contributed by atoms with E-state index in [1.807, 2.05) is 12.1 Å². The molecule has 0 unspecified atom stereocenters. The smallest absolute Gasteiger partial charge is 0.130 e. The molecule has 2 aromatic carbocycles. The number of nitrogens with one attached hydrogen (secondary N) is 1. The number of benzene rings is 2. The van der Waals surface area contributed by atoms with Crippen LogP contribution < -0.4 is 5.32 Å². The molecule has 0 bridgehead atoms. The summed E-state index contributed by atoms with van der Waals surface area (Å²) in [6.07, 6.45) is 2.04. The first-order valence-electron chi connectivity index (χ1n) is 8.17. The first kappa shape index (κ1) is 16.0. The second kappa shape index (κ2) is 7.57. The van der Waals surface area contributed by atoms with Gasteiger partial charge in [0.05, 0.1) is 6.61 Å². The molecule has 0 atom stereocenters. The highest BCUT2D eigenvalue weighted by atomic mass is 19.1. The summed E-state index contributed by atoms with van der Waals surface area (Å²) in [5.41, 5.74) is 2.42. The van der Waals surface area contributed by atoms with Gasteiger partial charge >= 0.3 is 0 Å². The zero-order valence-electron chi connectivity index (χ0n) is 13.2. The Balaban J connectivity index is 1.54. The van der Waals surface area contributed by atoms with Crippen molar-refractivity contribution in [2.24, 2.45) is 0 Å². The van der Waals surface area contributed by atoms with Crippen molar-refractivity contribution in [3.05, 3.63) is 65.5 Å². The van der Waals surface area contributed by atoms with Crippen LogP contribution >= 0.6 is 0 Å². The third-order valence-electron chi connectivity index (χ3n) is 4.47. The zero-order chi connectivity index (χ0) is 16.1. The molecular weight excluding hydrogens is 291 g/mol. The van der Waals surface area contributed by atoms with E-state index in [0.717, 1.165) is 32.5 Å². The predicted octanol–water partition coefficient (Wildman–Crippen LogP) is 3.39. The van der Waals surface area contributed by atoms with Crippen LogP contribution in [0.5, 0.6) is 0 Å². The van der Waals surface area contributed by atoms with Crippen molar-refractivity contribution in [3.8, 4) is 0 Å². The summed E-state index contributed by atoms with van der Waals surface area (Å²) in [7, 11) is 0. The monoisotopic (exact) mass is 314 g/mol. The highest BCUT2D eigenvalue weighted by Crippen LogP contribution is 2.23. The molecule has 1 aliphatic heterocycles. The second-order valence-corrected chi connectivity index (χ2v) is 6.10. The fourth-order valence-electron chi connectivity index (χ4n) is 3.15. The van der Waals surface area contributed by atoms with Gasteiger partial charge in [0, 0.05) is 36.9 Å². The lowest BCUT2D eigenvalue weighted by molar-refractivity contribution is 0.211. The van der Waals surface area contributed by atoms with Crippen molar-refractivity contribution < 1.29 is 9.50 Å². The molecule has 3 nitrogen and oxygen atoms in total. The molecule has 1 aliphatic rings. The lowest BCUT2D eigenvalue weighted by Crippen LogP contribution is -2.38. The van der Waals surface area contributed by atoms with E-state index >= 15 is 0 Å². The maximum Gasteiger partial charge on any atom is 0.130 e. The minimum Gasteiger partial charge on any atom is -0.391 e.